The summed E-state index contributed by atoms with van der Waals surface area (Å²) < 4.78 is 41.2. The van der Waals surface area contributed by atoms with E-state index in [9.17, 15) is 24.3 Å². The van der Waals surface area contributed by atoms with Gasteiger partial charge in [0.1, 0.15) is 5.60 Å². The second kappa shape index (κ2) is 9.69. The van der Waals surface area contributed by atoms with Crippen molar-refractivity contribution in [1.29, 1.82) is 0 Å². The van der Waals surface area contributed by atoms with Gasteiger partial charge in [-0.15, -0.1) is 0 Å². The van der Waals surface area contributed by atoms with Gasteiger partial charge in [0, 0.05) is 29.8 Å². The van der Waals surface area contributed by atoms with Crippen LogP contribution in [0.2, 0.25) is 0 Å². The first-order chi connectivity index (χ1) is 20.3. The molecule has 0 radical (unpaired) electrons. The van der Waals surface area contributed by atoms with Crippen molar-refractivity contribution in [2.45, 2.75) is 109 Å². The van der Waals surface area contributed by atoms with Crippen molar-refractivity contribution in [2.75, 3.05) is 19.7 Å². The van der Waals surface area contributed by atoms with Gasteiger partial charge in [0.05, 0.1) is 18.1 Å². The number of amides is 1. The van der Waals surface area contributed by atoms with Crippen LogP contribution in [-0.4, -0.2) is 88.2 Å². The predicted octanol–water partition coefficient (Wildman–Crippen LogP) is 3.84. The Labute approximate surface area is 257 Å². The summed E-state index contributed by atoms with van der Waals surface area (Å²) in [6.07, 6.45) is 2.94. The van der Waals surface area contributed by atoms with Gasteiger partial charge in [0.2, 0.25) is 5.78 Å². The fourth-order valence-corrected chi connectivity index (χ4v) is 9.27. The van der Waals surface area contributed by atoms with Crippen LogP contribution >= 0.6 is 0 Å². The molecular weight excluding hydrogens is 573 g/mol. The molecule has 8 atom stereocenters. The minimum absolute atomic E-state index is 0.0710. The lowest BCUT2D eigenvalue weighted by molar-refractivity contribution is -0.246. The van der Waals surface area contributed by atoms with Gasteiger partial charge in [-0.2, -0.15) is 0 Å². The molecule has 2 heterocycles. The monoisotopic (exact) mass is 617 g/mol. The van der Waals surface area contributed by atoms with Gasteiger partial charge < -0.3 is 29.0 Å². The van der Waals surface area contributed by atoms with E-state index >= 15 is 4.39 Å². The van der Waals surface area contributed by atoms with Gasteiger partial charge in [0.15, 0.2) is 29.4 Å². The number of likely N-dealkylation sites (tertiary alicyclic amines) is 1. The Morgan fingerprint density at radius 2 is 1.82 bits per heavy atom. The van der Waals surface area contributed by atoms with Crippen LogP contribution in [0.1, 0.15) is 74.1 Å². The van der Waals surface area contributed by atoms with Crippen molar-refractivity contribution in [1.82, 2.24) is 4.90 Å². The number of halogens is 1. The van der Waals surface area contributed by atoms with Crippen LogP contribution in [0.15, 0.2) is 23.8 Å². The average molecular weight is 618 g/mol. The molecule has 0 aromatic heterocycles. The van der Waals surface area contributed by atoms with Crippen molar-refractivity contribution in [3.63, 3.8) is 0 Å². The van der Waals surface area contributed by atoms with Crippen molar-refractivity contribution in [3.8, 4) is 0 Å². The van der Waals surface area contributed by atoms with Crippen molar-refractivity contribution in [3.05, 3.63) is 23.8 Å². The highest BCUT2D eigenvalue weighted by Gasteiger charge is 2.80. The summed E-state index contributed by atoms with van der Waals surface area (Å²) >= 11 is 0. The number of aliphatic hydroxyl groups is 1. The average Bonchev–Trinajstić information content (AvgIpc) is 3.27. The standard InChI is InChI=1S/C33H44FNO9/c1-28(2,3)43-27(40)35-15-18(16-35)26(39)41-17-24(38)33-25(42-29(4,5)44-33)13-22-21-9-8-19-12-20(36)10-11-30(19,6)32(21,34)23(37)14-31(22,33)7/h10-12,18,21-23,25,37H,8-9,13-17H2,1-7H3/t21-,22-,23-,25+,30-,31-,32-,33+/m0/s1. The Kier molecular flexibility index (Phi) is 6.90. The minimum atomic E-state index is -2.06. The lowest BCUT2D eigenvalue weighted by atomic mass is 9.44. The smallest absolute Gasteiger partial charge is 0.410 e. The van der Waals surface area contributed by atoms with Crippen LogP contribution in [0.4, 0.5) is 9.18 Å². The first-order valence-corrected chi connectivity index (χ1v) is 15.6. The minimum Gasteiger partial charge on any atom is -0.457 e. The Morgan fingerprint density at radius 3 is 2.48 bits per heavy atom. The molecule has 0 aromatic carbocycles. The number of ketones is 2. The van der Waals surface area contributed by atoms with E-state index in [1.54, 1.807) is 47.6 Å². The zero-order valence-electron chi connectivity index (χ0n) is 26.6. The summed E-state index contributed by atoms with van der Waals surface area (Å²) in [5.41, 5.74) is -5.80. The molecule has 44 heavy (non-hydrogen) atoms. The molecule has 1 amide bonds. The van der Waals surface area contributed by atoms with Crippen LogP contribution in [-0.2, 0) is 33.3 Å². The number of hydrogen-bond acceptors (Lipinski definition) is 9. The SMILES string of the molecule is CC(C)(C)OC(=O)N1CC(C(=O)OCC(=O)[C@@]23OC(C)(C)O[C@@H]2C[C@H]2[C@@H]4CCC5=CC(=O)C=C[C@]5(C)[C@@]4(F)[C@@H](O)C[C@@]23C)C1. The van der Waals surface area contributed by atoms with Crippen LogP contribution < -0.4 is 0 Å². The summed E-state index contributed by atoms with van der Waals surface area (Å²) in [5.74, 6) is -4.00. The van der Waals surface area contributed by atoms with Crippen LogP contribution in [0.5, 0.6) is 0 Å². The second-order valence-electron chi connectivity index (χ2n) is 15.5. The van der Waals surface area contributed by atoms with E-state index < -0.39 is 82.0 Å². The summed E-state index contributed by atoms with van der Waals surface area (Å²) in [4.78, 5) is 52.9. The van der Waals surface area contributed by atoms with Gasteiger partial charge in [-0.05, 0) is 85.3 Å². The van der Waals surface area contributed by atoms with Crippen molar-refractivity contribution >= 4 is 23.6 Å². The molecule has 10 nitrogen and oxygen atoms in total. The summed E-state index contributed by atoms with van der Waals surface area (Å²) in [5, 5.41) is 11.7. The summed E-state index contributed by atoms with van der Waals surface area (Å²) in [7, 11) is 0. The number of carbonyl (C=O) groups is 4. The Morgan fingerprint density at radius 1 is 1.14 bits per heavy atom. The predicted molar refractivity (Wildman–Crippen MR) is 154 cm³/mol. The lowest BCUT2D eigenvalue weighted by Crippen LogP contribution is -2.70. The molecule has 11 heteroatoms. The van der Waals surface area contributed by atoms with E-state index in [4.69, 9.17) is 18.9 Å². The molecule has 4 aliphatic carbocycles. The molecule has 0 aromatic rings. The number of allylic oxidation sites excluding steroid dienone is 4. The van der Waals surface area contributed by atoms with E-state index in [-0.39, 0.29) is 31.2 Å². The molecule has 2 aliphatic heterocycles. The number of Topliss-reactive ketones (excluding diaryl/α,β-unsaturated/α-hetero) is 1. The summed E-state index contributed by atoms with van der Waals surface area (Å²) in [6.45, 7) is 12.0. The lowest BCUT2D eigenvalue weighted by Gasteiger charge is -2.62. The van der Waals surface area contributed by atoms with Gasteiger partial charge in [-0.3, -0.25) is 14.4 Å². The molecular formula is C33H44FNO9. The number of aliphatic hydroxyl groups excluding tert-OH is 1. The number of rotatable bonds is 4. The van der Waals surface area contributed by atoms with E-state index in [1.165, 1.54) is 17.1 Å². The van der Waals surface area contributed by atoms with E-state index in [0.717, 1.165) is 0 Å². The zero-order valence-corrected chi connectivity index (χ0v) is 26.6. The van der Waals surface area contributed by atoms with E-state index in [0.29, 0.717) is 24.8 Å². The Hall–Kier alpha value is -2.63. The molecule has 5 fully saturated rings. The zero-order chi connectivity index (χ0) is 32.3. The van der Waals surface area contributed by atoms with Crippen LogP contribution in [0, 0.1) is 28.6 Å². The molecule has 6 aliphatic rings. The molecule has 242 valence electrons. The van der Waals surface area contributed by atoms with Crippen molar-refractivity contribution < 1.29 is 47.6 Å². The number of carbonyl (C=O) groups excluding carboxylic acids is 4. The second-order valence-corrected chi connectivity index (χ2v) is 15.5. The highest BCUT2D eigenvalue weighted by Crippen LogP contribution is 2.72. The number of nitrogens with zero attached hydrogens (tertiary/aromatic N) is 1. The van der Waals surface area contributed by atoms with Gasteiger partial charge in [-0.1, -0.05) is 18.6 Å². The van der Waals surface area contributed by atoms with Gasteiger partial charge >= 0.3 is 12.1 Å². The third kappa shape index (κ3) is 4.28. The maximum atomic E-state index is 17.6. The number of alkyl halides is 1. The van der Waals surface area contributed by atoms with Gasteiger partial charge in [-0.25, -0.2) is 9.18 Å². The molecule has 6 rings (SSSR count). The van der Waals surface area contributed by atoms with Gasteiger partial charge in [0.25, 0.3) is 0 Å². The molecule has 0 bridgehead atoms. The van der Waals surface area contributed by atoms with Crippen molar-refractivity contribution in [2.24, 2.45) is 28.6 Å². The summed E-state index contributed by atoms with van der Waals surface area (Å²) in [6, 6.07) is 0. The first kappa shape index (κ1) is 31.4. The molecule has 0 unspecified atom stereocenters. The maximum absolute atomic E-state index is 17.6. The quantitative estimate of drug-likeness (QED) is 0.468. The maximum Gasteiger partial charge on any atom is 0.410 e. The number of hydrogen-bond donors (Lipinski definition) is 1. The third-order valence-corrected chi connectivity index (χ3v) is 11.3. The number of ether oxygens (including phenoxy) is 4. The highest BCUT2D eigenvalue weighted by molar-refractivity contribution is 6.01. The molecule has 0 spiro atoms. The largest absolute Gasteiger partial charge is 0.457 e. The van der Waals surface area contributed by atoms with E-state index in [1.807, 2.05) is 6.92 Å². The molecule has 2 saturated heterocycles. The Balaban J connectivity index is 1.22. The fraction of sp³-hybridized carbons (Fsp3) is 0.758. The van der Waals surface area contributed by atoms with Crippen LogP contribution in [0.25, 0.3) is 0 Å². The topological polar surface area (TPSA) is 129 Å². The fourth-order valence-electron chi connectivity index (χ4n) is 9.27. The number of fused-ring (bicyclic) bond motifs is 7. The highest BCUT2D eigenvalue weighted by atomic mass is 19.1. The third-order valence-electron chi connectivity index (χ3n) is 11.3. The molecule has 1 N–H and O–H groups in total. The first-order valence-electron chi connectivity index (χ1n) is 15.6. The number of esters is 1. The normalized spacial score (nSPS) is 42.3. The van der Waals surface area contributed by atoms with Crippen LogP contribution in [0.3, 0.4) is 0 Å². The Bertz CT molecular complexity index is 1360. The molecule has 3 saturated carbocycles. The van der Waals surface area contributed by atoms with E-state index in [2.05, 4.69) is 0 Å².